The SMILES string of the molecule is O=C(NC1CCN(c2ncccc2Cl)C1)c1cccc2c1CCC2. The van der Waals surface area contributed by atoms with Gasteiger partial charge in [0.2, 0.25) is 0 Å². The van der Waals surface area contributed by atoms with Crippen molar-refractivity contribution in [3.8, 4) is 0 Å². The van der Waals surface area contributed by atoms with E-state index < -0.39 is 0 Å². The zero-order valence-electron chi connectivity index (χ0n) is 13.5. The molecule has 0 spiro atoms. The van der Waals surface area contributed by atoms with Crippen molar-refractivity contribution in [1.29, 1.82) is 0 Å². The summed E-state index contributed by atoms with van der Waals surface area (Å²) in [7, 11) is 0. The monoisotopic (exact) mass is 341 g/mol. The van der Waals surface area contributed by atoms with Crippen molar-refractivity contribution in [3.05, 3.63) is 58.2 Å². The van der Waals surface area contributed by atoms with E-state index in [1.54, 1.807) is 6.20 Å². The lowest BCUT2D eigenvalue weighted by atomic mass is 10.0. The topological polar surface area (TPSA) is 45.2 Å². The average Bonchev–Trinajstić information content (AvgIpc) is 3.24. The van der Waals surface area contributed by atoms with Crippen molar-refractivity contribution in [1.82, 2.24) is 10.3 Å². The van der Waals surface area contributed by atoms with Crippen LogP contribution in [0.4, 0.5) is 5.82 Å². The van der Waals surface area contributed by atoms with Gasteiger partial charge < -0.3 is 10.2 Å². The number of carbonyl (C=O) groups is 1. The summed E-state index contributed by atoms with van der Waals surface area (Å²) in [6, 6.07) is 9.89. The van der Waals surface area contributed by atoms with Crippen molar-refractivity contribution < 1.29 is 4.79 Å². The number of fused-ring (bicyclic) bond motifs is 1. The third kappa shape index (κ3) is 2.86. The normalized spacial score (nSPS) is 19.4. The Morgan fingerprint density at radius 1 is 1.25 bits per heavy atom. The van der Waals surface area contributed by atoms with Crippen molar-refractivity contribution >= 4 is 23.3 Å². The molecular formula is C19H20ClN3O. The van der Waals surface area contributed by atoms with Crippen molar-refractivity contribution in [3.63, 3.8) is 0 Å². The zero-order valence-corrected chi connectivity index (χ0v) is 14.2. The maximum atomic E-state index is 12.7. The van der Waals surface area contributed by atoms with E-state index in [-0.39, 0.29) is 11.9 Å². The summed E-state index contributed by atoms with van der Waals surface area (Å²) in [6.45, 7) is 1.60. The van der Waals surface area contributed by atoms with Gasteiger partial charge in [0.1, 0.15) is 5.82 Å². The summed E-state index contributed by atoms with van der Waals surface area (Å²) in [5.74, 6) is 0.851. The van der Waals surface area contributed by atoms with Crippen LogP contribution >= 0.6 is 11.6 Å². The number of hydrogen-bond donors (Lipinski definition) is 1. The van der Waals surface area contributed by atoms with Crippen LogP contribution in [0.1, 0.15) is 34.3 Å². The van der Waals surface area contributed by atoms with Crippen LogP contribution < -0.4 is 10.2 Å². The summed E-state index contributed by atoms with van der Waals surface area (Å²) in [5.41, 5.74) is 3.41. The van der Waals surface area contributed by atoms with E-state index in [1.807, 2.05) is 24.3 Å². The van der Waals surface area contributed by atoms with E-state index in [0.717, 1.165) is 50.2 Å². The molecular weight excluding hydrogens is 322 g/mol. The highest BCUT2D eigenvalue weighted by Crippen LogP contribution is 2.27. The van der Waals surface area contributed by atoms with Crippen LogP contribution in [-0.2, 0) is 12.8 Å². The summed E-state index contributed by atoms with van der Waals surface area (Å²) in [5, 5.41) is 3.85. The maximum absolute atomic E-state index is 12.7. The van der Waals surface area contributed by atoms with Gasteiger partial charge in [-0.2, -0.15) is 0 Å². The molecule has 0 radical (unpaired) electrons. The number of aryl methyl sites for hydroxylation is 1. The number of amides is 1. The van der Waals surface area contributed by atoms with Gasteiger partial charge in [-0.1, -0.05) is 23.7 Å². The van der Waals surface area contributed by atoms with Crippen LogP contribution in [0.25, 0.3) is 0 Å². The first-order valence-corrected chi connectivity index (χ1v) is 8.87. The molecule has 1 saturated heterocycles. The van der Waals surface area contributed by atoms with Crippen molar-refractivity contribution in [2.75, 3.05) is 18.0 Å². The van der Waals surface area contributed by atoms with Gasteiger partial charge in [0.15, 0.2) is 0 Å². The van der Waals surface area contributed by atoms with Gasteiger partial charge in [0, 0.05) is 30.9 Å². The summed E-state index contributed by atoms with van der Waals surface area (Å²) < 4.78 is 0. The second-order valence-electron chi connectivity index (χ2n) is 6.51. The highest BCUT2D eigenvalue weighted by atomic mass is 35.5. The number of aromatic nitrogens is 1. The van der Waals surface area contributed by atoms with E-state index >= 15 is 0 Å². The first-order valence-electron chi connectivity index (χ1n) is 8.49. The van der Waals surface area contributed by atoms with Crippen LogP contribution in [0.2, 0.25) is 5.02 Å². The van der Waals surface area contributed by atoms with Gasteiger partial charge in [0.25, 0.3) is 5.91 Å². The van der Waals surface area contributed by atoms with Crippen LogP contribution in [0, 0.1) is 0 Å². The molecule has 1 aromatic carbocycles. The number of carbonyl (C=O) groups excluding carboxylic acids is 1. The van der Waals surface area contributed by atoms with Gasteiger partial charge in [-0.15, -0.1) is 0 Å². The third-order valence-corrected chi connectivity index (χ3v) is 5.25. The van der Waals surface area contributed by atoms with E-state index in [4.69, 9.17) is 11.6 Å². The fourth-order valence-corrected chi connectivity index (χ4v) is 4.02. The number of anilines is 1. The number of benzene rings is 1. The molecule has 0 saturated carbocycles. The van der Waals surface area contributed by atoms with E-state index in [0.29, 0.717) is 5.02 Å². The molecule has 2 aliphatic rings. The van der Waals surface area contributed by atoms with Gasteiger partial charge in [-0.3, -0.25) is 4.79 Å². The predicted octanol–water partition coefficient (Wildman–Crippen LogP) is 3.23. The minimum absolute atomic E-state index is 0.0488. The molecule has 1 fully saturated rings. The van der Waals surface area contributed by atoms with Crippen molar-refractivity contribution in [2.24, 2.45) is 0 Å². The largest absolute Gasteiger partial charge is 0.353 e. The molecule has 1 unspecified atom stereocenters. The quantitative estimate of drug-likeness (QED) is 0.932. The smallest absolute Gasteiger partial charge is 0.251 e. The van der Waals surface area contributed by atoms with Crippen LogP contribution in [0.15, 0.2) is 36.5 Å². The molecule has 1 amide bonds. The standard InChI is InChI=1S/C19H20ClN3O/c20-17-8-3-10-21-18(17)23-11-9-14(12-23)22-19(24)16-7-2-5-13-4-1-6-15(13)16/h2-3,5,7-8,10,14H,1,4,6,9,11-12H2,(H,22,24). The molecule has 124 valence electrons. The van der Waals surface area contributed by atoms with Gasteiger partial charge in [-0.25, -0.2) is 4.98 Å². The molecule has 1 N–H and O–H groups in total. The lowest BCUT2D eigenvalue weighted by molar-refractivity contribution is 0.0939. The first kappa shape index (κ1) is 15.5. The summed E-state index contributed by atoms with van der Waals surface area (Å²) in [4.78, 5) is 19.2. The number of nitrogens with zero attached hydrogens (tertiary/aromatic N) is 2. The fraction of sp³-hybridized carbons (Fsp3) is 0.368. The molecule has 24 heavy (non-hydrogen) atoms. The number of halogens is 1. The fourth-order valence-electron chi connectivity index (χ4n) is 3.78. The van der Waals surface area contributed by atoms with E-state index in [9.17, 15) is 4.79 Å². The molecule has 1 aromatic heterocycles. The Bertz CT molecular complexity index is 777. The molecule has 4 rings (SSSR count). The lowest BCUT2D eigenvalue weighted by Gasteiger charge is -2.19. The molecule has 5 heteroatoms. The third-order valence-electron chi connectivity index (χ3n) is 4.95. The Labute approximate surface area is 146 Å². The second-order valence-corrected chi connectivity index (χ2v) is 6.92. The van der Waals surface area contributed by atoms with E-state index in [1.165, 1.54) is 11.1 Å². The molecule has 1 atom stereocenters. The zero-order chi connectivity index (χ0) is 16.5. The minimum atomic E-state index is 0.0488. The molecule has 1 aliphatic heterocycles. The van der Waals surface area contributed by atoms with Crippen LogP contribution in [0.3, 0.4) is 0 Å². The maximum Gasteiger partial charge on any atom is 0.251 e. The number of nitrogens with one attached hydrogen (secondary N) is 1. The second kappa shape index (κ2) is 6.44. The Morgan fingerprint density at radius 2 is 2.17 bits per heavy atom. The number of hydrogen-bond acceptors (Lipinski definition) is 3. The lowest BCUT2D eigenvalue weighted by Crippen LogP contribution is -2.37. The van der Waals surface area contributed by atoms with Crippen LogP contribution in [0.5, 0.6) is 0 Å². The Hall–Kier alpha value is -2.07. The Kier molecular flexibility index (Phi) is 4.15. The molecule has 2 aromatic rings. The minimum Gasteiger partial charge on any atom is -0.353 e. The van der Waals surface area contributed by atoms with E-state index in [2.05, 4.69) is 21.3 Å². The molecule has 4 nitrogen and oxygen atoms in total. The molecule has 1 aliphatic carbocycles. The Balaban J connectivity index is 1.45. The van der Waals surface area contributed by atoms with Gasteiger partial charge in [-0.05, 0) is 55.0 Å². The highest BCUT2D eigenvalue weighted by molar-refractivity contribution is 6.32. The van der Waals surface area contributed by atoms with Gasteiger partial charge in [0.05, 0.1) is 5.02 Å². The summed E-state index contributed by atoms with van der Waals surface area (Å²) >= 11 is 6.23. The molecule has 0 bridgehead atoms. The number of pyridine rings is 1. The van der Waals surface area contributed by atoms with Gasteiger partial charge >= 0.3 is 0 Å². The first-order chi connectivity index (χ1) is 11.7. The highest BCUT2D eigenvalue weighted by Gasteiger charge is 2.27. The average molecular weight is 342 g/mol. The number of rotatable bonds is 3. The predicted molar refractivity (Wildman–Crippen MR) is 95.8 cm³/mol. The summed E-state index contributed by atoms with van der Waals surface area (Å²) in [6.07, 6.45) is 5.91. The molecule has 2 heterocycles. The Morgan fingerprint density at radius 3 is 3.04 bits per heavy atom. The van der Waals surface area contributed by atoms with Crippen LogP contribution in [-0.4, -0.2) is 30.0 Å². The van der Waals surface area contributed by atoms with Crippen molar-refractivity contribution in [2.45, 2.75) is 31.7 Å².